The predicted molar refractivity (Wildman–Crippen MR) is 92.9 cm³/mol. The summed E-state index contributed by atoms with van der Waals surface area (Å²) in [6.45, 7) is 1.30. The Kier molecular flexibility index (Phi) is 4.78. The number of thiophene rings is 1. The van der Waals surface area contributed by atoms with Crippen LogP contribution in [0.2, 0.25) is 0 Å². The van der Waals surface area contributed by atoms with Crippen LogP contribution in [0.5, 0.6) is 0 Å². The minimum Gasteiger partial charge on any atom is -0.351 e. The SMILES string of the molecule is C/N=C/c1ccc(C(=O)c2ccc(-c3noc(C(F)(F)F)c3C)s2)cc1. The molecular weight excluding hydrogens is 365 g/mol. The van der Waals surface area contributed by atoms with Gasteiger partial charge in [-0.3, -0.25) is 9.79 Å². The number of rotatable bonds is 4. The molecule has 0 atom stereocenters. The van der Waals surface area contributed by atoms with E-state index in [-0.39, 0.29) is 17.0 Å². The molecule has 3 rings (SSSR count). The van der Waals surface area contributed by atoms with E-state index in [0.717, 1.165) is 16.9 Å². The Bertz CT molecular complexity index is 969. The highest BCUT2D eigenvalue weighted by atomic mass is 32.1. The van der Waals surface area contributed by atoms with Gasteiger partial charge in [-0.15, -0.1) is 11.3 Å². The summed E-state index contributed by atoms with van der Waals surface area (Å²) in [6, 6.07) is 10.0. The van der Waals surface area contributed by atoms with Crippen LogP contribution < -0.4 is 0 Å². The van der Waals surface area contributed by atoms with Crippen LogP contribution in [0.3, 0.4) is 0 Å². The van der Waals surface area contributed by atoms with Crippen molar-refractivity contribution < 1.29 is 22.5 Å². The van der Waals surface area contributed by atoms with Crippen molar-refractivity contribution in [2.75, 3.05) is 7.05 Å². The van der Waals surface area contributed by atoms with Gasteiger partial charge in [-0.25, -0.2) is 0 Å². The fourth-order valence-corrected chi connectivity index (χ4v) is 3.44. The molecule has 0 radical (unpaired) electrons. The molecule has 2 heterocycles. The van der Waals surface area contributed by atoms with Crippen molar-refractivity contribution in [2.45, 2.75) is 13.1 Å². The summed E-state index contributed by atoms with van der Waals surface area (Å²) in [5, 5.41) is 3.52. The highest BCUT2D eigenvalue weighted by Gasteiger charge is 2.39. The average molecular weight is 378 g/mol. The van der Waals surface area contributed by atoms with Crippen LogP contribution in [0.15, 0.2) is 45.9 Å². The Balaban J connectivity index is 1.88. The fraction of sp³-hybridized carbons (Fsp3) is 0.167. The number of benzene rings is 1. The maximum Gasteiger partial charge on any atom is 0.452 e. The van der Waals surface area contributed by atoms with Crippen molar-refractivity contribution in [3.63, 3.8) is 0 Å². The van der Waals surface area contributed by atoms with Gasteiger partial charge < -0.3 is 4.52 Å². The second-order valence-electron chi connectivity index (χ2n) is 5.49. The van der Waals surface area contributed by atoms with Gasteiger partial charge in [0, 0.05) is 24.4 Å². The topological polar surface area (TPSA) is 55.5 Å². The molecule has 134 valence electrons. The summed E-state index contributed by atoms with van der Waals surface area (Å²) in [4.78, 5) is 17.3. The van der Waals surface area contributed by atoms with Gasteiger partial charge in [-0.05, 0) is 24.6 Å². The van der Waals surface area contributed by atoms with E-state index in [4.69, 9.17) is 0 Å². The van der Waals surface area contributed by atoms with Crippen molar-refractivity contribution in [3.8, 4) is 10.6 Å². The Morgan fingerprint density at radius 3 is 2.46 bits per heavy atom. The highest BCUT2D eigenvalue weighted by molar-refractivity contribution is 7.17. The summed E-state index contributed by atoms with van der Waals surface area (Å²) >= 11 is 1.08. The van der Waals surface area contributed by atoms with Crippen molar-refractivity contribution >= 4 is 23.3 Å². The zero-order valence-corrected chi connectivity index (χ0v) is 14.6. The zero-order chi connectivity index (χ0) is 18.9. The monoisotopic (exact) mass is 378 g/mol. The Morgan fingerprint density at radius 2 is 1.88 bits per heavy atom. The van der Waals surface area contributed by atoms with Gasteiger partial charge in [-0.1, -0.05) is 29.4 Å². The van der Waals surface area contributed by atoms with E-state index in [9.17, 15) is 18.0 Å². The molecule has 3 aromatic rings. The van der Waals surface area contributed by atoms with E-state index in [1.807, 2.05) is 0 Å². The van der Waals surface area contributed by atoms with Gasteiger partial charge in [0.1, 0.15) is 5.69 Å². The quantitative estimate of drug-likeness (QED) is 0.474. The minimum atomic E-state index is -4.60. The third-order valence-electron chi connectivity index (χ3n) is 3.70. The molecule has 2 aromatic heterocycles. The number of hydrogen-bond acceptors (Lipinski definition) is 5. The number of aromatic nitrogens is 1. The predicted octanol–water partition coefficient (Wildman–Crippen LogP) is 5.01. The molecule has 0 spiro atoms. The van der Waals surface area contributed by atoms with Crippen molar-refractivity contribution in [1.82, 2.24) is 5.16 Å². The molecule has 0 saturated heterocycles. The molecule has 0 bridgehead atoms. The molecule has 0 amide bonds. The normalized spacial score (nSPS) is 12.0. The summed E-state index contributed by atoms with van der Waals surface area (Å²) in [5.41, 5.74) is 1.35. The lowest BCUT2D eigenvalue weighted by molar-refractivity contribution is -0.156. The van der Waals surface area contributed by atoms with Gasteiger partial charge in [-0.2, -0.15) is 13.2 Å². The smallest absolute Gasteiger partial charge is 0.351 e. The molecule has 0 aliphatic heterocycles. The molecule has 0 unspecified atom stereocenters. The van der Waals surface area contributed by atoms with Crippen LogP contribution in [0.1, 0.15) is 32.1 Å². The van der Waals surface area contributed by atoms with Gasteiger partial charge in [0.15, 0.2) is 0 Å². The third-order valence-corrected chi connectivity index (χ3v) is 4.79. The number of carbonyl (C=O) groups excluding carboxylic acids is 1. The number of alkyl halides is 3. The van der Waals surface area contributed by atoms with Crippen LogP contribution in [0.4, 0.5) is 13.2 Å². The molecule has 0 aliphatic rings. The van der Waals surface area contributed by atoms with Gasteiger partial charge >= 0.3 is 6.18 Å². The maximum atomic E-state index is 12.8. The summed E-state index contributed by atoms with van der Waals surface area (Å²) in [6.07, 6.45) is -2.93. The molecule has 26 heavy (non-hydrogen) atoms. The van der Waals surface area contributed by atoms with Gasteiger partial charge in [0.05, 0.1) is 9.75 Å². The van der Waals surface area contributed by atoms with Gasteiger partial charge in [0.25, 0.3) is 0 Å². The second-order valence-corrected chi connectivity index (χ2v) is 6.57. The van der Waals surface area contributed by atoms with Crippen molar-refractivity contribution in [1.29, 1.82) is 0 Å². The number of aliphatic imine (C=N–C) groups is 1. The van der Waals surface area contributed by atoms with E-state index in [1.165, 1.54) is 6.92 Å². The highest BCUT2D eigenvalue weighted by Crippen LogP contribution is 2.38. The molecular formula is C18H13F3N2O2S. The molecule has 1 aromatic carbocycles. The summed E-state index contributed by atoms with van der Waals surface area (Å²) in [5.74, 6) is -1.33. The van der Waals surface area contributed by atoms with Crippen LogP contribution in [0.25, 0.3) is 10.6 Å². The lowest BCUT2D eigenvalue weighted by Crippen LogP contribution is -2.04. The maximum absolute atomic E-state index is 12.8. The first-order valence-corrected chi connectivity index (χ1v) is 8.33. The molecule has 0 saturated carbocycles. The van der Waals surface area contributed by atoms with Crippen molar-refractivity contribution in [3.05, 3.63) is 63.7 Å². The second kappa shape index (κ2) is 6.87. The number of hydrogen-bond donors (Lipinski definition) is 0. The van der Waals surface area contributed by atoms with E-state index in [1.54, 1.807) is 49.7 Å². The molecule has 8 heteroatoms. The van der Waals surface area contributed by atoms with E-state index < -0.39 is 11.9 Å². The number of nitrogens with zero attached hydrogens (tertiary/aromatic N) is 2. The van der Waals surface area contributed by atoms with E-state index >= 15 is 0 Å². The first kappa shape index (κ1) is 18.1. The molecule has 0 aliphatic carbocycles. The summed E-state index contributed by atoms with van der Waals surface area (Å²) < 4.78 is 42.9. The third kappa shape index (κ3) is 3.45. The van der Waals surface area contributed by atoms with E-state index in [0.29, 0.717) is 15.3 Å². The fourth-order valence-electron chi connectivity index (χ4n) is 2.43. The van der Waals surface area contributed by atoms with Gasteiger partial charge in [0.2, 0.25) is 11.5 Å². The first-order valence-electron chi connectivity index (χ1n) is 7.52. The molecule has 0 N–H and O–H groups in total. The minimum absolute atomic E-state index is 0.0934. The van der Waals surface area contributed by atoms with Crippen molar-refractivity contribution in [2.24, 2.45) is 4.99 Å². The Labute approximate surface area is 151 Å². The number of ketones is 1. The van der Waals surface area contributed by atoms with Crippen LogP contribution in [-0.4, -0.2) is 24.2 Å². The lowest BCUT2D eigenvalue weighted by Gasteiger charge is -2.01. The van der Waals surface area contributed by atoms with Crippen LogP contribution >= 0.6 is 11.3 Å². The first-order chi connectivity index (χ1) is 12.3. The Morgan fingerprint density at radius 1 is 1.19 bits per heavy atom. The summed E-state index contributed by atoms with van der Waals surface area (Å²) in [7, 11) is 1.66. The average Bonchev–Trinajstić information content (AvgIpc) is 3.21. The standard InChI is InChI=1S/C18H13F3N2O2S/c1-10-15(23-25-17(10)18(19,20)21)13-7-8-14(26-13)16(24)12-5-3-11(4-6-12)9-22-2/h3-9H,1-2H3/b22-9+. The number of halogens is 3. The van der Waals surface area contributed by atoms with Crippen LogP contribution in [-0.2, 0) is 6.18 Å². The number of carbonyl (C=O) groups is 1. The Hall–Kier alpha value is -2.74. The van der Waals surface area contributed by atoms with Crippen LogP contribution in [0, 0.1) is 6.92 Å². The largest absolute Gasteiger partial charge is 0.452 e. The van der Waals surface area contributed by atoms with E-state index in [2.05, 4.69) is 14.7 Å². The molecule has 0 fully saturated rings. The zero-order valence-electron chi connectivity index (χ0n) is 13.8. The molecule has 4 nitrogen and oxygen atoms in total. The lowest BCUT2D eigenvalue weighted by atomic mass is 10.1.